The molecule has 730 valence electrons. The van der Waals surface area contributed by atoms with E-state index < -0.39 is 0 Å². The molecule has 5 fully saturated rings. The second kappa shape index (κ2) is 46.0. The van der Waals surface area contributed by atoms with Gasteiger partial charge in [0.15, 0.2) is 0 Å². The summed E-state index contributed by atoms with van der Waals surface area (Å²) >= 11 is 14.3. The summed E-state index contributed by atoms with van der Waals surface area (Å²) in [5.41, 5.74) is 14.7. The number of aromatic nitrogens is 3. The Hall–Kier alpha value is -16.2. The van der Waals surface area contributed by atoms with Crippen molar-refractivity contribution in [3.63, 3.8) is 0 Å². The molecule has 0 radical (unpaired) electrons. The number of ketones is 6. The summed E-state index contributed by atoms with van der Waals surface area (Å²) in [7, 11) is 0. The van der Waals surface area contributed by atoms with Crippen molar-refractivity contribution in [3.8, 4) is 0 Å². The van der Waals surface area contributed by atoms with Crippen LogP contribution in [0, 0.1) is 35.5 Å². The Bertz CT molecular complexity index is 8160. The summed E-state index contributed by atoms with van der Waals surface area (Å²) in [6.45, 7) is 0.460. The second-order valence-corrected chi connectivity index (χ2v) is 40.9. The third-order valence-corrected chi connectivity index (χ3v) is 30.3. The molecule has 18 heteroatoms. The number of carbonyl (C=O) groups excluding carboxylic acids is 9. The second-order valence-electron chi connectivity index (χ2n) is 39.1. The predicted molar refractivity (Wildman–Crippen MR) is 592 cm³/mol. The molecule has 0 saturated heterocycles. The van der Waals surface area contributed by atoms with Crippen LogP contribution in [0.2, 0.25) is 10.0 Å². The fourth-order valence-corrected chi connectivity index (χ4v) is 21.4. The zero-order valence-corrected chi connectivity index (χ0v) is 83.6. The van der Waals surface area contributed by atoms with E-state index in [2.05, 4.69) is 189 Å². The van der Waals surface area contributed by atoms with Crippen molar-refractivity contribution in [2.24, 2.45) is 35.5 Å². The zero-order valence-electron chi connectivity index (χ0n) is 81.3. The number of carbonyl (C=O) groups is 9. The summed E-state index contributed by atoms with van der Waals surface area (Å²) < 4.78 is 0. The van der Waals surface area contributed by atoms with E-state index in [4.69, 9.17) is 23.2 Å². The molecule has 3 amide bonds. The number of amides is 3. The normalized spacial score (nSPS) is 17.7. The lowest BCUT2D eigenvalue weighted by atomic mass is 9.99. The first kappa shape index (κ1) is 99.1. The lowest BCUT2D eigenvalue weighted by Gasteiger charge is -2.09. The summed E-state index contributed by atoms with van der Waals surface area (Å²) in [4.78, 5) is 127. The average molecular weight is 2000 g/mol. The van der Waals surface area contributed by atoms with E-state index in [1.54, 1.807) is 79.5 Å². The highest BCUT2D eigenvalue weighted by Crippen LogP contribution is 2.54. The molecule has 19 aromatic rings. The van der Waals surface area contributed by atoms with Crippen LogP contribution in [0.1, 0.15) is 163 Å². The average Bonchev–Trinajstić information content (AvgIpc) is 1.61. The number of halogens is 2. The van der Waals surface area contributed by atoms with E-state index in [0.29, 0.717) is 99.9 Å². The Kier molecular flexibility index (Phi) is 30.8. The van der Waals surface area contributed by atoms with Gasteiger partial charge in [0.05, 0.1) is 15.5 Å². The Labute approximate surface area is 873 Å². The summed E-state index contributed by atoms with van der Waals surface area (Å²) in [5.74, 6) is 2.98. The zero-order chi connectivity index (χ0) is 102. The molecule has 15 aromatic carbocycles. The molecule has 5 aliphatic rings. The van der Waals surface area contributed by atoms with Crippen LogP contribution < -0.4 is 16.0 Å². The first-order valence-corrected chi connectivity index (χ1v) is 52.0. The predicted octanol–water partition coefficient (Wildman–Crippen LogP) is 28.1. The molecule has 0 bridgehead atoms. The SMILES string of the molecule is O=C(Cc1ccc2ccccc2c1)C1CC1Cc1ccccc1.O=C(NCc1ccncc1)c1cccc(C2CC2C(=O)Cc2ccc3ccccc3c2)c1.O=C(Nc1ccccn1)c1ccc(Cl)c(C2CC2C(=O)Cc2ccc3ccccc3c2)c1.O=C(Nc1ccncc1)c1ccc(C2CC2C(=O)Cc2ccc3ccccc3c2)cc1Cl.O=C(c1ccc(C2CC2C(=O)Cc2ccc3ccccc3c2)cc1)c1cccs1. The molecule has 4 heterocycles. The summed E-state index contributed by atoms with van der Waals surface area (Å²) in [6.07, 6.45) is 16.1. The number of thiophene rings is 1. The monoisotopic (exact) mass is 2000 g/mol. The third kappa shape index (κ3) is 25.3. The number of Topliss-reactive ketones (excluding diaryl/α,β-unsaturated/α-hetero) is 5. The quantitative estimate of drug-likeness (QED) is 0.0357. The van der Waals surface area contributed by atoms with E-state index in [-0.39, 0.29) is 94.1 Å². The molecule has 10 unspecified atom stereocenters. The summed E-state index contributed by atoms with van der Waals surface area (Å²) in [6, 6.07) is 125. The molecule has 5 saturated carbocycles. The highest BCUT2D eigenvalue weighted by atomic mass is 35.5. The molecule has 0 spiro atoms. The minimum absolute atomic E-state index is 0.00836. The maximum Gasteiger partial charge on any atom is 0.257 e. The fourth-order valence-electron chi connectivity index (χ4n) is 20.1. The molecule has 5 aliphatic carbocycles. The van der Waals surface area contributed by atoms with Gasteiger partial charge in [0.25, 0.3) is 17.7 Å². The number of hydrogen-bond donors (Lipinski definition) is 3. The van der Waals surface area contributed by atoms with Crippen molar-refractivity contribution >= 4 is 152 Å². The Morgan fingerprint density at radius 3 is 1.19 bits per heavy atom. The highest BCUT2D eigenvalue weighted by molar-refractivity contribution is 7.12. The lowest BCUT2D eigenvalue weighted by molar-refractivity contribution is -0.120. The van der Waals surface area contributed by atoms with Crippen molar-refractivity contribution < 1.29 is 43.2 Å². The van der Waals surface area contributed by atoms with Gasteiger partial charge in [-0.25, -0.2) is 4.98 Å². The van der Waals surface area contributed by atoms with Crippen LogP contribution in [-0.2, 0) is 69.0 Å². The van der Waals surface area contributed by atoms with E-state index in [1.807, 2.05) is 181 Å². The van der Waals surface area contributed by atoms with Gasteiger partial charge in [0.2, 0.25) is 5.78 Å². The van der Waals surface area contributed by atoms with Crippen LogP contribution in [0.4, 0.5) is 11.5 Å². The van der Waals surface area contributed by atoms with Crippen LogP contribution in [-0.4, -0.2) is 67.4 Å². The topological polar surface area (TPSA) is 228 Å². The van der Waals surface area contributed by atoms with Crippen LogP contribution in [0.5, 0.6) is 0 Å². The van der Waals surface area contributed by atoms with Gasteiger partial charge in [-0.2, -0.15) is 0 Å². The van der Waals surface area contributed by atoms with Crippen molar-refractivity contribution in [3.05, 3.63) is 517 Å². The molecule has 15 nitrogen and oxygen atoms in total. The number of benzene rings is 15. The van der Waals surface area contributed by atoms with Crippen molar-refractivity contribution in [2.45, 2.75) is 101 Å². The number of hydrogen-bond acceptors (Lipinski definition) is 13. The van der Waals surface area contributed by atoms with Gasteiger partial charge >= 0.3 is 0 Å². The van der Waals surface area contributed by atoms with Crippen molar-refractivity contribution in [2.75, 3.05) is 10.6 Å². The van der Waals surface area contributed by atoms with Crippen LogP contribution >= 0.6 is 34.5 Å². The van der Waals surface area contributed by atoms with E-state index in [1.165, 1.54) is 54.6 Å². The van der Waals surface area contributed by atoms with Gasteiger partial charge in [0.1, 0.15) is 34.7 Å². The van der Waals surface area contributed by atoms with Gasteiger partial charge in [-0.15, -0.1) is 11.3 Å². The first-order valence-electron chi connectivity index (χ1n) is 50.4. The van der Waals surface area contributed by atoms with Crippen LogP contribution in [0.25, 0.3) is 53.9 Å². The Morgan fingerprint density at radius 2 is 0.716 bits per heavy atom. The molecule has 24 rings (SSSR count). The molecule has 10 atom stereocenters. The maximum atomic E-state index is 12.9. The lowest BCUT2D eigenvalue weighted by Crippen LogP contribution is -2.22. The molecule has 3 N–H and O–H groups in total. The molecular formula is C130H106Cl2N6O9S. The number of anilines is 2. The number of fused-ring (bicyclic) bond motifs is 5. The van der Waals surface area contributed by atoms with Crippen molar-refractivity contribution in [1.82, 2.24) is 20.3 Å². The van der Waals surface area contributed by atoms with E-state index in [9.17, 15) is 43.2 Å². The fraction of sp³-hybridized carbons (Fsp3) is 0.169. The summed E-state index contributed by atoms with van der Waals surface area (Å²) in [5, 5.41) is 23.2. The number of nitrogens with zero attached hydrogens (tertiary/aromatic N) is 3. The Balaban J connectivity index is 0.000000113. The highest BCUT2D eigenvalue weighted by Gasteiger charge is 2.48. The first-order chi connectivity index (χ1) is 72.3. The molecule has 4 aromatic heterocycles. The van der Waals surface area contributed by atoms with Gasteiger partial charge < -0.3 is 16.0 Å². The van der Waals surface area contributed by atoms with Gasteiger partial charge in [0, 0.05) is 127 Å². The van der Waals surface area contributed by atoms with E-state index >= 15 is 0 Å². The smallest absolute Gasteiger partial charge is 0.257 e. The standard InChI is InChI=1S/C28H24N2O2.2C27H21ClN2O2.C26H20O2S.C22H20O/c31-27(15-20-8-9-21-4-1-2-5-22(21)14-20)26-17-25(26)23-6-3-7-24(16-23)28(32)30-18-19-10-12-29-13-11-19;28-24-11-10-20(27(32)30-26-7-3-4-12-29-26)15-22(24)21-16-23(21)25(31)14-17-8-9-18-5-1-2-6-19(18)13-17;28-25-15-20(7-8-22(25)27(32)30-21-9-11-29-12-10-21)23-16-24(23)26(31)14-17-5-6-18-3-1-2-4-19(18)13-17;27-24(15-17-7-8-18-4-1-2-5-21(18)14-17)23-16-22(23)19-9-11-20(12-10-19)26(28)25-6-3-13-29-25;23-22(21-15-20(21)12-16-6-2-1-3-7-16)14-17-10-11-18-8-4-5-9-19(18)13-17/h1-14,16,25-26H,15,17-18H2,(H,30,32);1-13,15,21,23H,14,16H2,(H,29,30,32);1-13,15,23-24H,14,16H2,(H,29,30,32);1-14,22-23H,15-16H2;1-11,13,20-21H,12,14-15H2. The molecule has 148 heavy (non-hydrogen) atoms. The maximum absolute atomic E-state index is 12.9. The minimum atomic E-state index is -0.271. The van der Waals surface area contributed by atoms with Crippen LogP contribution in [0.3, 0.4) is 0 Å². The minimum Gasteiger partial charge on any atom is -0.348 e. The molecular weight excluding hydrogens is 1890 g/mol. The van der Waals surface area contributed by atoms with Gasteiger partial charge in [-0.3, -0.25) is 53.1 Å². The van der Waals surface area contributed by atoms with Crippen molar-refractivity contribution in [1.29, 1.82) is 0 Å². The molecule has 0 aliphatic heterocycles. The van der Waals surface area contributed by atoms with Crippen LogP contribution in [0.15, 0.2) is 419 Å². The third-order valence-electron chi connectivity index (χ3n) is 28.7. The van der Waals surface area contributed by atoms with E-state index in [0.717, 1.165) is 115 Å². The van der Waals surface area contributed by atoms with Gasteiger partial charge in [-0.1, -0.05) is 320 Å². The number of pyridine rings is 3. The van der Waals surface area contributed by atoms with Gasteiger partial charge in [-0.05, 0) is 273 Å². The number of nitrogens with one attached hydrogen (secondary N) is 3. The number of rotatable bonds is 30. The Morgan fingerprint density at radius 1 is 0.291 bits per heavy atom. The largest absolute Gasteiger partial charge is 0.348 e.